The van der Waals surface area contributed by atoms with Crippen LogP contribution in [-0.2, 0) is 0 Å². The van der Waals surface area contributed by atoms with Gasteiger partial charge in [0.25, 0.3) is 0 Å². The van der Waals surface area contributed by atoms with E-state index in [1.807, 2.05) is 12.1 Å². The van der Waals surface area contributed by atoms with Gasteiger partial charge >= 0.3 is 0 Å². The maximum atomic E-state index is 6.67. The summed E-state index contributed by atoms with van der Waals surface area (Å²) in [7, 11) is 0. The highest BCUT2D eigenvalue weighted by atomic mass is 32.1. The number of nitrogens with zero attached hydrogens (tertiary/aromatic N) is 4. The van der Waals surface area contributed by atoms with Crippen molar-refractivity contribution in [2.45, 2.75) is 0 Å². The average Bonchev–Trinajstić information content (AvgIpc) is 3.86. The predicted octanol–water partition coefficient (Wildman–Crippen LogP) is 13.0. The zero-order valence-corrected chi connectivity index (χ0v) is 29.6. The average molecular weight is 709 g/mol. The van der Waals surface area contributed by atoms with Gasteiger partial charge in [0.2, 0.25) is 0 Å². The molecule has 0 amide bonds. The number of hydrogen-bond donors (Lipinski definition) is 0. The molecular formula is C48H28N4OS. The molecule has 0 aliphatic heterocycles. The molecule has 252 valence electrons. The molecule has 54 heavy (non-hydrogen) atoms. The van der Waals surface area contributed by atoms with E-state index in [0.717, 1.165) is 86.7 Å². The van der Waals surface area contributed by atoms with Crippen molar-refractivity contribution in [3.63, 3.8) is 0 Å². The fourth-order valence-electron chi connectivity index (χ4n) is 7.43. The zero-order chi connectivity index (χ0) is 35.6. The van der Waals surface area contributed by atoms with E-state index in [2.05, 4.69) is 158 Å². The summed E-state index contributed by atoms with van der Waals surface area (Å²) in [5, 5.41) is 7.44. The van der Waals surface area contributed by atoms with E-state index in [9.17, 15) is 0 Å². The van der Waals surface area contributed by atoms with Gasteiger partial charge in [0.1, 0.15) is 16.2 Å². The first kappa shape index (κ1) is 30.6. The Labute approximate surface area is 313 Å². The Morgan fingerprint density at radius 2 is 1.00 bits per heavy atom. The van der Waals surface area contributed by atoms with E-state index in [4.69, 9.17) is 24.4 Å². The highest BCUT2D eigenvalue weighted by molar-refractivity contribution is 7.21. The van der Waals surface area contributed by atoms with Crippen molar-refractivity contribution in [2.75, 3.05) is 0 Å². The first-order chi connectivity index (χ1) is 26.7. The molecule has 11 rings (SSSR count). The van der Waals surface area contributed by atoms with Gasteiger partial charge in [-0.15, -0.1) is 11.3 Å². The molecule has 0 spiro atoms. The fourth-order valence-corrected chi connectivity index (χ4v) is 8.41. The maximum Gasteiger partial charge on any atom is 0.164 e. The summed E-state index contributed by atoms with van der Waals surface area (Å²) in [6.45, 7) is 0. The molecular weight excluding hydrogens is 681 g/mol. The van der Waals surface area contributed by atoms with Gasteiger partial charge in [0.05, 0.1) is 15.6 Å². The highest BCUT2D eigenvalue weighted by Gasteiger charge is 2.19. The number of thiazole rings is 1. The summed E-state index contributed by atoms with van der Waals surface area (Å²) in [5.41, 5.74) is 8.69. The Kier molecular flexibility index (Phi) is 6.97. The molecule has 0 saturated heterocycles. The lowest BCUT2D eigenvalue weighted by Crippen LogP contribution is -2.00. The van der Waals surface area contributed by atoms with E-state index < -0.39 is 0 Å². The van der Waals surface area contributed by atoms with Crippen LogP contribution in [0.15, 0.2) is 174 Å². The largest absolute Gasteiger partial charge is 0.455 e. The van der Waals surface area contributed by atoms with E-state index in [1.165, 1.54) is 5.39 Å². The molecule has 0 saturated carbocycles. The second kappa shape index (κ2) is 12.3. The molecule has 0 bridgehead atoms. The smallest absolute Gasteiger partial charge is 0.164 e. The summed E-state index contributed by atoms with van der Waals surface area (Å²) >= 11 is 1.70. The summed E-state index contributed by atoms with van der Waals surface area (Å²) in [4.78, 5) is 20.5. The van der Waals surface area contributed by atoms with Gasteiger partial charge < -0.3 is 4.42 Å². The number of furan rings is 1. The van der Waals surface area contributed by atoms with Gasteiger partial charge in [0, 0.05) is 33.0 Å². The van der Waals surface area contributed by atoms with Gasteiger partial charge in [-0.3, -0.25) is 0 Å². The summed E-state index contributed by atoms with van der Waals surface area (Å²) in [5.74, 6) is 1.83. The normalized spacial score (nSPS) is 11.7. The lowest BCUT2D eigenvalue weighted by atomic mass is 10.0. The molecule has 0 fully saturated rings. The molecule has 0 unspecified atom stereocenters. The first-order valence-corrected chi connectivity index (χ1v) is 18.7. The summed E-state index contributed by atoms with van der Waals surface area (Å²) in [6, 6.07) is 58.7. The van der Waals surface area contributed by atoms with Crippen LogP contribution < -0.4 is 0 Å². The minimum atomic E-state index is 0.595. The van der Waals surface area contributed by atoms with Gasteiger partial charge in [0.15, 0.2) is 17.5 Å². The van der Waals surface area contributed by atoms with Gasteiger partial charge in [-0.05, 0) is 63.7 Å². The summed E-state index contributed by atoms with van der Waals surface area (Å²) < 4.78 is 7.81. The number of rotatable bonds is 5. The molecule has 0 aliphatic rings. The zero-order valence-electron chi connectivity index (χ0n) is 28.8. The van der Waals surface area contributed by atoms with Gasteiger partial charge in [-0.2, -0.15) is 0 Å². The Morgan fingerprint density at radius 1 is 0.389 bits per heavy atom. The van der Waals surface area contributed by atoms with Crippen LogP contribution in [-0.4, -0.2) is 19.9 Å². The molecule has 0 atom stereocenters. The first-order valence-electron chi connectivity index (χ1n) is 17.9. The van der Waals surface area contributed by atoms with Crippen molar-refractivity contribution < 1.29 is 4.42 Å². The van der Waals surface area contributed by atoms with Crippen molar-refractivity contribution in [2.24, 2.45) is 0 Å². The van der Waals surface area contributed by atoms with Crippen LogP contribution in [0.4, 0.5) is 0 Å². The molecule has 3 heterocycles. The molecule has 6 heteroatoms. The molecule has 8 aromatic carbocycles. The van der Waals surface area contributed by atoms with Crippen LogP contribution in [0.3, 0.4) is 0 Å². The second-order valence-corrected chi connectivity index (χ2v) is 14.5. The Bertz CT molecular complexity index is 3220. The third kappa shape index (κ3) is 5.15. The quantitative estimate of drug-likeness (QED) is 0.178. The lowest BCUT2D eigenvalue weighted by Gasteiger charge is -2.11. The number of hydrogen-bond acceptors (Lipinski definition) is 6. The van der Waals surface area contributed by atoms with Crippen molar-refractivity contribution in [3.05, 3.63) is 170 Å². The minimum Gasteiger partial charge on any atom is -0.455 e. The van der Waals surface area contributed by atoms with Crippen LogP contribution in [0.25, 0.3) is 110 Å². The van der Waals surface area contributed by atoms with E-state index in [0.29, 0.717) is 17.5 Å². The maximum absolute atomic E-state index is 6.67. The summed E-state index contributed by atoms with van der Waals surface area (Å²) in [6.07, 6.45) is 0. The topological polar surface area (TPSA) is 64.7 Å². The van der Waals surface area contributed by atoms with E-state index in [1.54, 1.807) is 11.3 Å². The monoisotopic (exact) mass is 708 g/mol. The van der Waals surface area contributed by atoms with Crippen LogP contribution in [0.5, 0.6) is 0 Å². The van der Waals surface area contributed by atoms with Gasteiger partial charge in [-0.1, -0.05) is 133 Å². The van der Waals surface area contributed by atoms with Crippen LogP contribution >= 0.6 is 11.3 Å². The Morgan fingerprint density at radius 3 is 1.78 bits per heavy atom. The van der Waals surface area contributed by atoms with E-state index in [-0.39, 0.29) is 0 Å². The number of benzene rings is 8. The Hall–Kier alpha value is -7.02. The fraction of sp³-hybridized carbons (Fsp3) is 0. The third-order valence-corrected chi connectivity index (χ3v) is 11.2. The van der Waals surface area contributed by atoms with Crippen LogP contribution in [0.2, 0.25) is 0 Å². The molecule has 3 aromatic heterocycles. The van der Waals surface area contributed by atoms with Crippen molar-refractivity contribution in [1.82, 2.24) is 19.9 Å². The lowest BCUT2D eigenvalue weighted by molar-refractivity contribution is 0.673. The van der Waals surface area contributed by atoms with Crippen LogP contribution in [0.1, 0.15) is 0 Å². The molecule has 0 aliphatic carbocycles. The van der Waals surface area contributed by atoms with Crippen molar-refractivity contribution in [3.8, 4) is 55.9 Å². The number of aromatic nitrogens is 4. The van der Waals surface area contributed by atoms with Crippen molar-refractivity contribution >= 4 is 65.0 Å². The SMILES string of the molecule is c1ccc(-c2cccc(-c3nc(-c4ccc5ccccc5c4)nc(-c4ccc5ccc6c(oc7ccc8sc(-c9ccccc9)nc8c76)c5c4)n3)c2)cc1. The third-order valence-electron chi connectivity index (χ3n) is 10.1. The highest BCUT2D eigenvalue weighted by Crippen LogP contribution is 2.41. The number of fused-ring (bicyclic) bond motifs is 8. The molecule has 0 N–H and O–H groups in total. The molecule has 0 radical (unpaired) electrons. The second-order valence-electron chi connectivity index (χ2n) is 13.5. The molecule has 11 aromatic rings. The minimum absolute atomic E-state index is 0.595. The molecule has 5 nitrogen and oxygen atoms in total. The van der Waals surface area contributed by atoms with Crippen molar-refractivity contribution in [1.29, 1.82) is 0 Å². The van der Waals surface area contributed by atoms with E-state index >= 15 is 0 Å². The predicted molar refractivity (Wildman–Crippen MR) is 222 cm³/mol. The van der Waals surface area contributed by atoms with Gasteiger partial charge in [-0.25, -0.2) is 19.9 Å². The Balaban J connectivity index is 1.10. The standard InChI is InChI=1S/C48H28N4OS/c1-3-10-29(11-4-1)34-16-9-17-35(26-34)45-50-46(36-20-18-30-12-7-8-15-33(30)27-36)52-47(51-45)37-21-19-31-22-23-38-42-40(53-44(38)39(31)28-37)24-25-41-43(42)49-48(54-41)32-13-5-2-6-14-32/h1-28H. The van der Waals surface area contributed by atoms with Crippen LogP contribution in [0, 0.1) is 0 Å².